The third-order valence-electron chi connectivity index (χ3n) is 3.20. The number of amides is 2. The zero-order valence-electron chi connectivity index (χ0n) is 11.7. The van der Waals surface area contributed by atoms with E-state index in [-0.39, 0.29) is 24.7 Å². The summed E-state index contributed by atoms with van der Waals surface area (Å²) in [5.74, 6) is -0.359. The molecule has 18 heavy (non-hydrogen) atoms. The Labute approximate surface area is 109 Å². The highest BCUT2D eigenvalue weighted by molar-refractivity contribution is 5.80. The number of carbonyl (C=O) groups excluding carboxylic acids is 1. The van der Waals surface area contributed by atoms with E-state index in [4.69, 9.17) is 5.11 Å². The first-order valence-corrected chi connectivity index (χ1v) is 6.62. The highest BCUT2D eigenvalue weighted by atomic mass is 16.4. The molecule has 1 rings (SSSR count). The quantitative estimate of drug-likeness (QED) is 0.791. The second-order valence-electron chi connectivity index (χ2n) is 5.59. The van der Waals surface area contributed by atoms with E-state index >= 15 is 0 Å². The molecular weight excluding hydrogens is 232 g/mol. The lowest BCUT2D eigenvalue weighted by Crippen LogP contribution is -2.51. The minimum Gasteiger partial charge on any atom is -0.480 e. The van der Waals surface area contributed by atoms with Crippen LogP contribution in [0.1, 0.15) is 40.5 Å². The van der Waals surface area contributed by atoms with E-state index in [9.17, 15) is 9.59 Å². The summed E-state index contributed by atoms with van der Waals surface area (Å²) in [4.78, 5) is 26.5. The minimum absolute atomic E-state index is 0.103. The zero-order chi connectivity index (χ0) is 13.9. The molecule has 5 nitrogen and oxygen atoms in total. The Hall–Kier alpha value is -1.26. The highest BCUT2D eigenvalue weighted by Crippen LogP contribution is 2.30. The summed E-state index contributed by atoms with van der Waals surface area (Å²) in [6.07, 6.45) is 2.36. The predicted molar refractivity (Wildman–Crippen MR) is 69.4 cm³/mol. The molecule has 0 radical (unpaired) electrons. The fraction of sp³-hybridized carbons (Fsp3) is 0.846. The molecule has 1 aliphatic rings. The van der Waals surface area contributed by atoms with Gasteiger partial charge in [0.25, 0.3) is 0 Å². The largest absolute Gasteiger partial charge is 0.480 e. The SMILES string of the molecule is CC(C)N(CC(=O)O)C(=O)N(CC1CC1)C(C)C. The average molecular weight is 256 g/mol. The van der Waals surface area contributed by atoms with Crippen LogP contribution in [0.15, 0.2) is 0 Å². The van der Waals surface area contributed by atoms with E-state index in [0.717, 1.165) is 6.54 Å². The highest BCUT2D eigenvalue weighted by Gasteiger charge is 2.32. The van der Waals surface area contributed by atoms with Crippen LogP contribution in [0.2, 0.25) is 0 Å². The first-order chi connectivity index (χ1) is 8.32. The Kier molecular flexibility index (Phi) is 4.99. The third-order valence-corrected chi connectivity index (χ3v) is 3.20. The Morgan fingerprint density at radius 2 is 1.61 bits per heavy atom. The molecule has 1 saturated carbocycles. The van der Waals surface area contributed by atoms with Crippen molar-refractivity contribution in [3.05, 3.63) is 0 Å². The number of urea groups is 1. The van der Waals surface area contributed by atoms with Gasteiger partial charge < -0.3 is 14.9 Å². The second-order valence-corrected chi connectivity index (χ2v) is 5.59. The molecule has 2 amide bonds. The number of carbonyl (C=O) groups is 2. The third kappa shape index (κ3) is 4.20. The van der Waals surface area contributed by atoms with Gasteiger partial charge in [-0.2, -0.15) is 0 Å². The van der Waals surface area contributed by atoms with Crippen LogP contribution in [0, 0.1) is 5.92 Å². The van der Waals surface area contributed by atoms with Crippen molar-refractivity contribution in [2.45, 2.75) is 52.6 Å². The summed E-state index contributed by atoms with van der Waals surface area (Å²) >= 11 is 0. The molecule has 0 aromatic heterocycles. The van der Waals surface area contributed by atoms with E-state index in [1.54, 1.807) is 4.90 Å². The number of aliphatic carboxylic acids is 1. The van der Waals surface area contributed by atoms with E-state index < -0.39 is 5.97 Å². The molecule has 0 heterocycles. The number of nitrogens with zero attached hydrogens (tertiary/aromatic N) is 2. The Bertz CT molecular complexity index is 311. The molecule has 5 heteroatoms. The summed E-state index contributed by atoms with van der Waals surface area (Å²) < 4.78 is 0. The minimum atomic E-state index is -0.966. The number of carboxylic acid groups (broad SMARTS) is 1. The lowest BCUT2D eigenvalue weighted by molar-refractivity contribution is -0.138. The molecule has 0 atom stereocenters. The average Bonchev–Trinajstić information content (AvgIpc) is 3.04. The van der Waals surface area contributed by atoms with E-state index in [1.165, 1.54) is 17.7 Å². The van der Waals surface area contributed by atoms with Crippen molar-refractivity contribution >= 4 is 12.0 Å². The van der Waals surface area contributed by atoms with Crippen LogP contribution in [0.25, 0.3) is 0 Å². The lowest BCUT2D eigenvalue weighted by Gasteiger charge is -2.34. The van der Waals surface area contributed by atoms with Gasteiger partial charge in [-0.1, -0.05) is 0 Å². The molecule has 104 valence electrons. The summed E-state index contributed by atoms with van der Waals surface area (Å²) in [6, 6.07) is -0.156. The predicted octanol–water partition coefficient (Wildman–Crippen LogP) is 2.02. The second kappa shape index (κ2) is 6.07. The van der Waals surface area contributed by atoms with Gasteiger partial charge >= 0.3 is 12.0 Å². The van der Waals surface area contributed by atoms with Gasteiger partial charge in [0.2, 0.25) is 0 Å². The fourth-order valence-corrected chi connectivity index (χ4v) is 1.87. The van der Waals surface area contributed by atoms with Crippen molar-refractivity contribution in [3.8, 4) is 0 Å². The maximum atomic E-state index is 12.4. The maximum absolute atomic E-state index is 12.4. The standard InChI is InChI=1S/C13H24N2O3/c1-9(2)14(7-11-5-6-11)13(18)15(10(3)4)8-12(16)17/h9-11H,5-8H2,1-4H3,(H,16,17). The van der Waals surface area contributed by atoms with Gasteiger partial charge in [0.05, 0.1) is 0 Å². The molecule has 1 N–H and O–H groups in total. The van der Waals surface area contributed by atoms with Crippen molar-refractivity contribution in [1.29, 1.82) is 0 Å². The van der Waals surface area contributed by atoms with Gasteiger partial charge in [-0.25, -0.2) is 4.79 Å². The molecule has 0 bridgehead atoms. The smallest absolute Gasteiger partial charge is 0.323 e. The zero-order valence-corrected chi connectivity index (χ0v) is 11.7. The van der Waals surface area contributed by atoms with Crippen LogP contribution < -0.4 is 0 Å². The number of rotatable bonds is 6. The number of carboxylic acids is 1. The van der Waals surface area contributed by atoms with E-state index in [2.05, 4.69) is 0 Å². The van der Waals surface area contributed by atoms with E-state index in [1.807, 2.05) is 27.7 Å². The summed E-state index contributed by atoms with van der Waals surface area (Å²) in [6.45, 7) is 8.15. The van der Waals surface area contributed by atoms with Gasteiger partial charge in [-0.15, -0.1) is 0 Å². The Morgan fingerprint density at radius 1 is 1.11 bits per heavy atom. The Morgan fingerprint density at radius 3 is 1.94 bits per heavy atom. The Balaban J connectivity index is 2.72. The van der Waals surface area contributed by atoms with Crippen molar-refractivity contribution in [3.63, 3.8) is 0 Å². The number of hydrogen-bond donors (Lipinski definition) is 1. The van der Waals surface area contributed by atoms with Crippen molar-refractivity contribution in [2.24, 2.45) is 5.92 Å². The molecule has 1 fully saturated rings. The lowest BCUT2D eigenvalue weighted by atomic mass is 10.2. The molecule has 0 saturated heterocycles. The van der Waals surface area contributed by atoms with Crippen LogP contribution in [0.4, 0.5) is 4.79 Å². The summed E-state index contributed by atoms with van der Waals surface area (Å²) in [7, 11) is 0. The summed E-state index contributed by atoms with van der Waals surface area (Å²) in [5, 5.41) is 8.88. The normalized spacial score (nSPS) is 15.0. The first kappa shape index (κ1) is 14.8. The molecular formula is C13H24N2O3. The molecule has 0 unspecified atom stereocenters. The van der Waals surface area contributed by atoms with Gasteiger partial charge in [0.15, 0.2) is 0 Å². The van der Waals surface area contributed by atoms with Gasteiger partial charge in [-0.05, 0) is 46.5 Å². The van der Waals surface area contributed by atoms with Crippen LogP contribution in [-0.2, 0) is 4.79 Å². The first-order valence-electron chi connectivity index (χ1n) is 6.62. The van der Waals surface area contributed by atoms with Gasteiger partial charge in [0, 0.05) is 18.6 Å². The monoisotopic (exact) mass is 256 g/mol. The van der Waals surface area contributed by atoms with Gasteiger partial charge in [-0.3, -0.25) is 4.79 Å². The van der Waals surface area contributed by atoms with Crippen LogP contribution >= 0.6 is 0 Å². The molecule has 0 aliphatic heterocycles. The molecule has 1 aliphatic carbocycles. The van der Waals surface area contributed by atoms with E-state index in [0.29, 0.717) is 5.92 Å². The van der Waals surface area contributed by atoms with Crippen LogP contribution in [0.5, 0.6) is 0 Å². The van der Waals surface area contributed by atoms with Crippen LogP contribution in [-0.4, -0.2) is 52.1 Å². The van der Waals surface area contributed by atoms with Crippen molar-refractivity contribution in [1.82, 2.24) is 9.80 Å². The summed E-state index contributed by atoms with van der Waals surface area (Å²) in [5.41, 5.74) is 0. The van der Waals surface area contributed by atoms with Crippen molar-refractivity contribution in [2.75, 3.05) is 13.1 Å². The molecule has 0 aromatic carbocycles. The fourth-order valence-electron chi connectivity index (χ4n) is 1.87. The molecule has 0 spiro atoms. The van der Waals surface area contributed by atoms with Crippen molar-refractivity contribution < 1.29 is 14.7 Å². The maximum Gasteiger partial charge on any atom is 0.323 e. The molecule has 0 aromatic rings. The number of hydrogen-bond acceptors (Lipinski definition) is 2. The van der Waals surface area contributed by atoms with Crippen LogP contribution in [0.3, 0.4) is 0 Å². The van der Waals surface area contributed by atoms with Gasteiger partial charge in [0.1, 0.15) is 6.54 Å². The topological polar surface area (TPSA) is 60.9 Å².